The van der Waals surface area contributed by atoms with Gasteiger partial charge in [0.1, 0.15) is 5.75 Å². The van der Waals surface area contributed by atoms with Crippen LogP contribution in [0.25, 0.3) is 0 Å². The number of methoxy groups -OCH3 is 1. The number of sulfonamides is 1. The molecular weight excluding hydrogens is 421 g/mol. The Morgan fingerprint density at radius 1 is 1.14 bits per heavy atom. The Bertz CT molecular complexity index is 963. The summed E-state index contributed by atoms with van der Waals surface area (Å²) >= 11 is 5.59. The van der Waals surface area contributed by atoms with Crippen molar-refractivity contribution in [3.63, 3.8) is 0 Å². The number of halogens is 4. The number of nitrogens with one attached hydrogen (secondary N) is 2. The van der Waals surface area contributed by atoms with Crippen molar-refractivity contribution >= 4 is 33.2 Å². The van der Waals surface area contributed by atoms with Crippen molar-refractivity contribution in [3.05, 3.63) is 53.1 Å². The molecule has 28 heavy (non-hydrogen) atoms. The number of hydrogen-bond donors (Lipinski definition) is 2. The molecule has 2 N–H and O–H groups in total. The molecule has 0 aliphatic carbocycles. The van der Waals surface area contributed by atoms with Crippen molar-refractivity contribution in [3.8, 4) is 5.75 Å². The molecule has 0 fully saturated rings. The lowest BCUT2D eigenvalue weighted by Crippen LogP contribution is -2.41. The van der Waals surface area contributed by atoms with Crippen LogP contribution in [0.1, 0.15) is 12.5 Å². The van der Waals surface area contributed by atoms with Crippen LogP contribution in [0.3, 0.4) is 0 Å². The van der Waals surface area contributed by atoms with E-state index in [1.165, 1.54) is 44.4 Å². The molecule has 0 saturated heterocycles. The largest absolute Gasteiger partial charge is 0.497 e. The lowest BCUT2D eigenvalue weighted by atomic mass is 10.1. The Morgan fingerprint density at radius 2 is 1.75 bits per heavy atom. The molecule has 0 aromatic heterocycles. The second kappa shape index (κ2) is 8.38. The van der Waals surface area contributed by atoms with Gasteiger partial charge in [-0.15, -0.1) is 0 Å². The molecule has 6 nitrogen and oxygen atoms in total. The number of benzene rings is 2. The van der Waals surface area contributed by atoms with E-state index in [0.29, 0.717) is 11.8 Å². The van der Waals surface area contributed by atoms with E-state index in [-0.39, 0.29) is 9.92 Å². The van der Waals surface area contributed by atoms with Crippen LogP contribution in [-0.4, -0.2) is 27.5 Å². The van der Waals surface area contributed by atoms with Gasteiger partial charge in [-0.05, 0) is 49.4 Å². The van der Waals surface area contributed by atoms with Gasteiger partial charge in [0.15, 0.2) is 0 Å². The van der Waals surface area contributed by atoms with Crippen LogP contribution in [0.2, 0.25) is 5.02 Å². The fourth-order valence-electron chi connectivity index (χ4n) is 2.21. The Labute approximate surface area is 164 Å². The van der Waals surface area contributed by atoms with Gasteiger partial charge < -0.3 is 10.1 Å². The summed E-state index contributed by atoms with van der Waals surface area (Å²) in [6.07, 6.45) is -4.75. The number of carbonyl (C=O) groups excluding carboxylic acids is 1. The van der Waals surface area contributed by atoms with Crippen LogP contribution in [0.5, 0.6) is 5.75 Å². The van der Waals surface area contributed by atoms with Gasteiger partial charge in [0.2, 0.25) is 15.9 Å². The summed E-state index contributed by atoms with van der Waals surface area (Å²) in [6, 6.07) is 6.88. The van der Waals surface area contributed by atoms with Crippen LogP contribution < -0.4 is 14.8 Å². The lowest BCUT2D eigenvalue weighted by Gasteiger charge is -2.17. The van der Waals surface area contributed by atoms with Crippen LogP contribution in [-0.2, 0) is 21.0 Å². The van der Waals surface area contributed by atoms with E-state index in [4.69, 9.17) is 16.3 Å². The van der Waals surface area contributed by atoms with E-state index in [2.05, 4.69) is 10.0 Å². The Kier molecular flexibility index (Phi) is 6.58. The zero-order valence-electron chi connectivity index (χ0n) is 14.7. The van der Waals surface area contributed by atoms with Crippen molar-refractivity contribution in [2.75, 3.05) is 12.4 Å². The maximum Gasteiger partial charge on any atom is 0.418 e. The molecule has 0 heterocycles. The summed E-state index contributed by atoms with van der Waals surface area (Å²) in [4.78, 5) is 12.1. The second-order valence-electron chi connectivity index (χ2n) is 5.70. The highest BCUT2D eigenvalue weighted by Gasteiger charge is 2.34. The first-order valence-electron chi connectivity index (χ1n) is 7.78. The summed E-state index contributed by atoms with van der Waals surface area (Å²) in [5.41, 5.74) is -1.67. The fraction of sp³-hybridized carbons (Fsp3) is 0.235. The summed E-state index contributed by atoms with van der Waals surface area (Å²) in [7, 11) is -2.66. The Morgan fingerprint density at radius 3 is 2.29 bits per heavy atom. The van der Waals surface area contributed by atoms with Gasteiger partial charge in [0.05, 0.1) is 29.3 Å². The summed E-state index contributed by atoms with van der Waals surface area (Å²) < 4.78 is 71.0. The van der Waals surface area contributed by atoms with Gasteiger partial charge in [-0.1, -0.05) is 11.6 Å². The number of ether oxygens (including phenoxy) is 1. The van der Waals surface area contributed by atoms with Crippen LogP contribution in [0.15, 0.2) is 47.4 Å². The maximum atomic E-state index is 13.1. The maximum absolute atomic E-state index is 13.1. The molecule has 152 valence electrons. The molecular formula is C17H16ClF3N2O4S. The van der Waals surface area contributed by atoms with Crippen LogP contribution in [0.4, 0.5) is 18.9 Å². The highest BCUT2D eigenvalue weighted by atomic mass is 35.5. The molecule has 0 aliphatic heterocycles. The van der Waals surface area contributed by atoms with Crippen molar-refractivity contribution in [2.24, 2.45) is 0 Å². The molecule has 11 heteroatoms. The van der Waals surface area contributed by atoms with Gasteiger partial charge in [-0.3, -0.25) is 4.79 Å². The molecule has 0 bridgehead atoms. The minimum absolute atomic E-state index is 0.129. The molecule has 1 atom stereocenters. The molecule has 0 aliphatic rings. The van der Waals surface area contributed by atoms with Gasteiger partial charge in [-0.2, -0.15) is 17.9 Å². The first kappa shape index (κ1) is 22.0. The number of amides is 1. The number of carbonyl (C=O) groups is 1. The topological polar surface area (TPSA) is 84.5 Å². The monoisotopic (exact) mass is 436 g/mol. The minimum Gasteiger partial charge on any atom is -0.497 e. The summed E-state index contributed by atoms with van der Waals surface area (Å²) in [5.74, 6) is -0.530. The third kappa shape index (κ3) is 5.37. The molecule has 0 saturated carbocycles. The highest BCUT2D eigenvalue weighted by molar-refractivity contribution is 7.89. The van der Waals surface area contributed by atoms with E-state index in [9.17, 15) is 26.4 Å². The average Bonchev–Trinajstić information content (AvgIpc) is 2.62. The van der Waals surface area contributed by atoms with Gasteiger partial charge in [0.25, 0.3) is 0 Å². The molecule has 1 amide bonds. The van der Waals surface area contributed by atoms with Crippen molar-refractivity contribution < 1.29 is 31.1 Å². The van der Waals surface area contributed by atoms with Gasteiger partial charge >= 0.3 is 6.18 Å². The van der Waals surface area contributed by atoms with Gasteiger partial charge in [0, 0.05) is 5.02 Å². The van der Waals surface area contributed by atoms with Crippen molar-refractivity contribution in [1.29, 1.82) is 0 Å². The number of alkyl halides is 3. The third-order valence-corrected chi connectivity index (χ3v) is 5.43. The van der Waals surface area contributed by atoms with E-state index < -0.39 is 39.4 Å². The van der Waals surface area contributed by atoms with E-state index >= 15 is 0 Å². The Balaban J connectivity index is 2.17. The molecule has 2 aromatic carbocycles. The average molecular weight is 437 g/mol. The highest BCUT2D eigenvalue weighted by Crippen LogP contribution is 2.36. The smallest absolute Gasteiger partial charge is 0.418 e. The van der Waals surface area contributed by atoms with E-state index in [1.54, 1.807) is 0 Å². The quantitative estimate of drug-likeness (QED) is 0.723. The SMILES string of the molecule is COc1ccc(S(=O)(=O)N[C@H](C)C(=O)Nc2ccc(Cl)cc2C(F)(F)F)cc1. The zero-order chi connectivity index (χ0) is 21.1. The molecule has 0 radical (unpaired) electrons. The summed E-state index contributed by atoms with van der Waals surface area (Å²) in [6.45, 7) is 1.21. The molecule has 0 unspecified atom stereocenters. The van der Waals surface area contributed by atoms with Crippen molar-refractivity contribution in [1.82, 2.24) is 4.72 Å². The zero-order valence-corrected chi connectivity index (χ0v) is 16.2. The van der Waals surface area contributed by atoms with Crippen molar-refractivity contribution in [2.45, 2.75) is 24.0 Å². The van der Waals surface area contributed by atoms with E-state index in [1.807, 2.05) is 0 Å². The van der Waals surface area contributed by atoms with E-state index in [0.717, 1.165) is 6.07 Å². The minimum atomic E-state index is -4.75. The molecule has 2 rings (SSSR count). The molecule has 2 aromatic rings. The lowest BCUT2D eigenvalue weighted by molar-refractivity contribution is -0.137. The first-order valence-corrected chi connectivity index (χ1v) is 9.64. The predicted octanol–water partition coefficient (Wildman–Crippen LogP) is 3.67. The normalized spacial score (nSPS) is 13.1. The predicted molar refractivity (Wildman–Crippen MR) is 97.9 cm³/mol. The summed E-state index contributed by atoms with van der Waals surface area (Å²) in [5, 5.41) is 1.92. The fourth-order valence-corrected chi connectivity index (χ4v) is 3.59. The van der Waals surface area contributed by atoms with Gasteiger partial charge in [-0.25, -0.2) is 8.42 Å². The van der Waals surface area contributed by atoms with Crippen LogP contribution >= 0.6 is 11.6 Å². The molecule has 0 spiro atoms. The second-order valence-corrected chi connectivity index (χ2v) is 7.85. The van der Waals surface area contributed by atoms with Crippen LogP contribution in [0, 0.1) is 0 Å². The third-order valence-electron chi connectivity index (χ3n) is 3.64. The standard InChI is InChI=1S/C17H16ClF3N2O4S/c1-10(23-28(25,26)13-6-4-12(27-2)5-7-13)16(24)22-15-8-3-11(18)9-14(15)17(19,20)21/h3-10,23H,1-2H3,(H,22,24)/t10-/m1/s1. The number of anilines is 1. The Hall–Kier alpha value is -2.30. The number of hydrogen-bond acceptors (Lipinski definition) is 4. The first-order chi connectivity index (χ1) is 12.9. The number of rotatable bonds is 6.